The van der Waals surface area contributed by atoms with Crippen molar-refractivity contribution in [3.8, 4) is 5.75 Å². The Hall–Kier alpha value is -3.12. The first-order valence-electron chi connectivity index (χ1n) is 11.8. The van der Waals surface area contributed by atoms with Gasteiger partial charge in [-0.05, 0) is 37.2 Å². The van der Waals surface area contributed by atoms with E-state index in [0.29, 0.717) is 31.0 Å². The molecule has 0 radical (unpaired) electrons. The second-order valence-corrected chi connectivity index (χ2v) is 8.16. The molecule has 176 valence electrons. The predicted octanol–water partition coefficient (Wildman–Crippen LogP) is 4.63. The van der Waals surface area contributed by atoms with Gasteiger partial charge in [0.2, 0.25) is 0 Å². The number of rotatable bonds is 11. The van der Waals surface area contributed by atoms with Gasteiger partial charge in [0.15, 0.2) is 0 Å². The summed E-state index contributed by atoms with van der Waals surface area (Å²) in [7, 11) is 0. The smallest absolute Gasteiger partial charge is 0.295 e. The van der Waals surface area contributed by atoms with E-state index in [2.05, 4.69) is 25.7 Å². The highest BCUT2D eigenvalue weighted by atomic mass is 16.5. The number of Topliss-reactive ketones (excluding diaryl/α,β-unsaturated/α-hetero) is 1. The lowest BCUT2D eigenvalue weighted by Crippen LogP contribution is -2.38. The molecule has 2 aromatic rings. The number of hydrogen-bond donors (Lipinski definition) is 1. The van der Waals surface area contributed by atoms with Crippen molar-refractivity contribution < 1.29 is 19.4 Å². The standard InChI is InChI=1S/C27H34N2O4/c1-4-7-18-33-22-15-11-14-21(19-22)25(30)23-24(20-12-9-8-10-13-20)29(27(32)26(23)31)17-16-28(5-2)6-3/h8-15,19,24,30H,4-7,16-18H2,1-3H3/b25-23+. The minimum atomic E-state index is -0.654. The first-order chi connectivity index (χ1) is 16.0. The lowest BCUT2D eigenvalue weighted by atomic mass is 9.95. The number of benzene rings is 2. The Bertz CT molecular complexity index is 983. The number of carbonyl (C=O) groups excluding carboxylic acids is 2. The molecule has 1 heterocycles. The summed E-state index contributed by atoms with van der Waals surface area (Å²) >= 11 is 0. The molecule has 6 heteroatoms. The zero-order valence-electron chi connectivity index (χ0n) is 19.8. The third-order valence-electron chi connectivity index (χ3n) is 6.08. The zero-order chi connectivity index (χ0) is 23.8. The lowest BCUT2D eigenvalue weighted by Gasteiger charge is -2.28. The van der Waals surface area contributed by atoms with Gasteiger partial charge in [-0.15, -0.1) is 0 Å². The molecule has 0 spiro atoms. The molecule has 1 aliphatic rings. The van der Waals surface area contributed by atoms with E-state index < -0.39 is 17.7 Å². The van der Waals surface area contributed by atoms with Crippen molar-refractivity contribution in [1.82, 2.24) is 9.80 Å². The quantitative estimate of drug-likeness (QED) is 0.234. The largest absolute Gasteiger partial charge is 0.507 e. The fraction of sp³-hybridized carbons (Fsp3) is 0.407. The van der Waals surface area contributed by atoms with Crippen molar-refractivity contribution in [3.05, 3.63) is 71.3 Å². The van der Waals surface area contributed by atoms with Gasteiger partial charge in [0.1, 0.15) is 11.5 Å². The van der Waals surface area contributed by atoms with Gasteiger partial charge in [-0.3, -0.25) is 9.59 Å². The minimum absolute atomic E-state index is 0.122. The van der Waals surface area contributed by atoms with Crippen molar-refractivity contribution in [2.45, 2.75) is 39.7 Å². The number of aliphatic hydroxyl groups excluding tert-OH is 1. The fourth-order valence-electron chi connectivity index (χ4n) is 4.10. The number of hydrogen-bond acceptors (Lipinski definition) is 5. The van der Waals surface area contributed by atoms with Gasteiger partial charge >= 0.3 is 0 Å². The number of nitrogens with zero attached hydrogens (tertiary/aromatic N) is 2. The van der Waals surface area contributed by atoms with Crippen LogP contribution in [0, 0.1) is 0 Å². The molecule has 1 aliphatic heterocycles. The molecule has 1 saturated heterocycles. The van der Waals surface area contributed by atoms with Crippen LogP contribution in [0.2, 0.25) is 0 Å². The summed E-state index contributed by atoms with van der Waals surface area (Å²) < 4.78 is 5.77. The number of ether oxygens (including phenoxy) is 1. The summed E-state index contributed by atoms with van der Waals surface area (Å²) in [5, 5.41) is 11.2. The number of likely N-dealkylation sites (N-methyl/N-ethyl adjacent to an activating group) is 1. The molecule has 2 aromatic carbocycles. The average molecular weight is 451 g/mol. The van der Waals surface area contributed by atoms with Crippen molar-refractivity contribution in [1.29, 1.82) is 0 Å². The van der Waals surface area contributed by atoms with E-state index in [9.17, 15) is 14.7 Å². The van der Waals surface area contributed by atoms with Gasteiger partial charge in [-0.1, -0.05) is 69.7 Å². The molecule has 1 unspecified atom stereocenters. The highest BCUT2D eigenvalue weighted by Crippen LogP contribution is 2.39. The van der Waals surface area contributed by atoms with Crippen LogP contribution in [0.5, 0.6) is 5.75 Å². The Labute approximate surface area is 196 Å². The normalized spacial score (nSPS) is 17.7. The van der Waals surface area contributed by atoms with E-state index in [4.69, 9.17) is 4.74 Å². The highest BCUT2D eigenvalue weighted by Gasteiger charge is 2.45. The van der Waals surface area contributed by atoms with E-state index in [-0.39, 0.29) is 11.3 Å². The first-order valence-corrected chi connectivity index (χ1v) is 11.8. The Balaban J connectivity index is 2.01. The fourth-order valence-corrected chi connectivity index (χ4v) is 4.10. The van der Waals surface area contributed by atoms with Crippen molar-refractivity contribution in [2.24, 2.45) is 0 Å². The highest BCUT2D eigenvalue weighted by molar-refractivity contribution is 6.46. The van der Waals surface area contributed by atoms with E-state index >= 15 is 0 Å². The maximum Gasteiger partial charge on any atom is 0.295 e. The SMILES string of the molecule is CCCCOc1cccc(/C(O)=C2\C(=O)C(=O)N(CCN(CC)CC)C2c2ccccc2)c1. The second-order valence-electron chi connectivity index (χ2n) is 8.16. The summed E-state index contributed by atoms with van der Waals surface area (Å²) in [5.74, 6) is -0.779. The molecule has 1 atom stereocenters. The number of ketones is 1. The number of amides is 1. The van der Waals surface area contributed by atoms with Crippen LogP contribution in [0.1, 0.15) is 50.8 Å². The van der Waals surface area contributed by atoms with E-state index in [1.807, 2.05) is 36.4 Å². The van der Waals surface area contributed by atoms with Crippen LogP contribution in [0.25, 0.3) is 5.76 Å². The predicted molar refractivity (Wildman–Crippen MR) is 130 cm³/mol. The number of unbranched alkanes of at least 4 members (excludes halogenated alkanes) is 1. The van der Waals surface area contributed by atoms with Crippen LogP contribution in [0.4, 0.5) is 0 Å². The number of likely N-dealkylation sites (tertiary alicyclic amines) is 1. The van der Waals surface area contributed by atoms with Gasteiger partial charge in [0.05, 0.1) is 18.2 Å². The van der Waals surface area contributed by atoms with Crippen molar-refractivity contribution >= 4 is 17.4 Å². The van der Waals surface area contributed by atoms with Gasteiger partial charge in [0, 0.05) is 18.7 Å². The van der Waals surface area contributed by atoms with E-state index in [0.717, 1.165) is 31.5 Å². The van der Waals surface area contributed by atoms with Gasteiger partial charge < -0.3 is 19.6 Å². The molecule has 0 bridgehead atoms. The third kappa shape index (κ3) is 5.63. The molecular weight excluding hydrogens is 416 g/mol. The summed E-state index contributed by atoms with van der Waals surface area (Å²) in [6.07, 6.45) is 1.95. The number of aliphatic hydroxyl groups is 1. The van der Waals surface area contributed by atoms with Crippen LogP contribution in [-0.4, -0.2) is 59.4 Å². The van der Waals surface area contributed by atoms with Crippen molar-refractivity contribution in [2.75, 3.05) is 32.8 Å². The maximum atomic E-state index is 13.1. The van der Waals surface area contributed by atoms with Crippen LogP contribution in [0.3, 0.4) is 0 Å². The molecule has 6 nitrogen and oxygen atoms in total. The molecular formula is C27H34N2O4. The molecule has 33 heavy (non-hydrogen) atoms. The summed E-state index contributed by atoms with van der Waals surface area (Å²) in [5.41, 5.74) is 1.39. The maximum absolute atomic E-state index is 13.1. The Morgan fingerprint density at radius 2 is 1.76 bits per heavy atom. The molecule has 3 rings (SSSR count). The lowest BCUT2D eigenvalue weighted by molar-refractivity contribution is -0.140. The average Bonchev–Trinajstić information content (AvgIpc) is 3.10. The van der Waals surface area contributed by atoms with Crippen LogP contribution < -0.4 is 4.74 Å². The Morgan fingerprint density at radius 3 is 2.42 bits per heavy atom. The van der Waals surface area contributed by atoms with Crippen molar-refractivity contribution in [3.63, 3.8) is 0 Å². The van der Waals surface area contributed by atoms with E-state index in [1.54, 1.807) is 23.1 Å². The van der Waals surface area contributed by atoms with Gasteiger partial charge in [-0.2, -0.15) is 0 Å². The first kappa shape index (κ1) is 24.5. The van der Waals surface area contributed by atoms with Crippen LogP contribution >= 0.6 is 0 Å². The zero-order valence-corrected chi connectivity index (χ0v) is 19.8. The third-order valence-corrected chi connectivity index (χ3v) is 6.08. The molecule has 1 amide bonds. The topological polar surface area (TPSA) is 70.1 Å². The summed E-state index contributed by atoms with van der Waals surface area (Å²) in [6, 6.07) is 15.8. The minimum Gasteiger partial charge on any atom is -0.507 e. The van der Waals surface area contributed by atoms with Gasteiger partial charge in [-0.25, -0.2) is 0 Å². The summed E-state index contributed by atoms with van der Waals surface area (Å²) in [4.78, 5) is 30.0. The van der Waals surface area contributed by atoms with Crippen LogP contribution in [-0.2, 0) is 9.59 Å². The number of carbonyl (C=O) groups is 2. The molecule has 0 saturated carbocycles. The second kappa shape index (κ2) is 11.7. The van der Waals surface area contributed by atoms with E-state index in [1.165, 1.54) is 0 Å². The molecule has 1 N–H and O–H groups in total. The monoisotopic (exact) mass is 450 g/mol. The molecule has 0 aliphatic carbocycles. The Kier molecular flexibility index (Phi) is 8.66. The van der Waals surface area contributed by atoms with Crippen LogP contribution in [0.15, 0.2) is 60.2 Å². The van der Waals surface area contributed by atoms with Gasteiger partial charge in [0.25, 0.3) is 11.7 Å². The Morgan fingerprint density at radius 1 is 1.03 bits per heavy atom. The molecule has 1 fully saturated rings. The summed E-state index contributed by atoms with van der Waals surface area (Å²) in [6.45, 7) is 9.61. The molecule has 0 aromatic heterocycles.